The quantitative estimate of drug-likeness (QED) is 0.506. The topological polar surface area (TPSA) is 97.5 Å². The molecule has 2 atom stereocenters. The van der Waals surface area contributed by atoms with E-state index in [0.717, 1.165) is 77.0 Å². The molecule has 2 fully saturated rings. The molecular weight excluding hydrogens is 458 g/mol. The van der Waals surface area contributed by atoms with Crippen molar-refractivity contribution >= 4 is 11.9 Å². The smallest absolute Gasteiger partial charge is 0.341 e. The second kappa shape index (κ2) is 11.7. The van der Waals surface area contributed by atoms with Gasteiger partial charge in [-0.2, -0.15) is 0 Å². The van der Waals surface area contributed by atoms with Crippen molar-refractivity contribution in [2.45, 2.75) is 57.8 Å². The Labute approximate surface area is 203 Å². The number of aromatic nitrogens is 3. The molecule has 2 aliphatic rings. The van der Waals surface area contributed by atoms with Gasteiger partial charge in [0.25, 0.3) is 0 Å². The van der Waals surface area contributed by atoms with E-state index in [2.05, 4.69) is 10.3 Å². The summed E-state index contributed by atoms with van der Waals surface area (Å²) in [6.07, 6.45) is 9.81. The number of rotatable bonds is 10. The first-order chi connectivity index (χ1) is 16.9. The minimum absolute atomic E-state index is 0.0719. The number of amides is 1. The van der Waals surface area contributed by atoms with Crippen molar-refractivity contribution in [3.63, 3.8) is 0 Å². The lowest BCUT2D eigenvalue weighted by molar-refractivity contribution is -0.133. The number of aromatic carboxylic acids is 1. The van der Waals surface area contributed by atoms with E-state index in [4.69, 9.17) is 9.84 Å². The highest BCUT2D eigenvalue weighted by Gasteiger charge is 2.31. The highest BCUT2D eigenvalue weighted by Crippen LogP contribution is 2.30. The molecule has 2 unspecified atom stereocenters. The van der Waals surface area contributed by atoms with E-state index < -0.39 is 23.2 Å². The molecule has 8 nitrogen and oxygen atoms in total. The fraction of sp³-hybridized carbons (Fsp3) is 0.600. The Bertz CT molecular complexity index is 1020. The van der Waals surface area contributed by atoms with Crippen LogP contribution in [-0.2, 0) is 16.0 Å². The Hall–Kier alpha value is -2.88. The number of ether oxygens (including phenoxy) is 1. The lowest BCUT2D eigenvalue weighted by atomic mass is 9.85. The number of hydrogen-bond donors (Lipinski definition) is 1. The van der Waals surface area contributed by atoms with Crippen molar-refractivity contribution in [2.24, 2.45) is 11.8 Å². The summed E-state index contributed by atoms with van der Waals surface area (Å²) in [6.45, 7) is 3.43. The number of nitrogens with zero attached hydrogens (tertiary/aromatic N) is 4. The molecule has 35 heavy (non-hydrogen) atoms. The van der Waals surface area contributed by atoms with Gasteiger partial charge in [0, 0.05) is 44.9 Å². The number of halogens is 2. The number of benzene rings is 1. The zero-order valence-electron chi connectivity index (χ0n) is 19.8. The van der Waals surface area contributed by atoms with Crippen LogP contribution in [0.25, 0.3) is 5.69 Å². The monoisotopic (exact) mass is 490 g/mol. The summed E-state index contributed by atoms with van der Waals surface area (Å²) in [5.41, 5.74) is -0.238. The summed E-state index contributed by atoms with van der Waals surface area (Å²) in [5, 5.41) is 16.8. The molecule has 0 spiro atoms. The molecule has 0 bridgehead atoms. The standard InChI is InChI=1S/C25H32F2N4O4/c26-21-12-20(13-22(27)24(21)25(33)34)31-15-19(28-29-31)7-3-1-2-4-8-23(32)30-10-5-6-17(14-30)18-9-11-35-16-18/h12-13,15,17-18H,1-11,14,16H2,(H,33,34). The summed E-state index contributed by atoms with van der Waals surface area (Å²) >= 11 is 0. The van der Waals surface area contributed by atoms with Crippen molar-refractivity contribution in [3.8, 4) is 5.69 Å². The molecule has 1 aromatic heterocycles. The summed E-state index contributed by atoms with van der Waals surface area (Å²) in [4.78, 5) is 25.6. The van der Waals surface area contributed by atoms with Gasteiger partial charge in [-0.25, -0.2) is 18.3 Å². The van der Waals surface area contributed by atoms with Gasteiger partial charge in [-0.1, -0.05) is 18.1 Å². The van der Waals surface area contributed by atoms with Crippen LogP contribution in [0.1, 0.15) is 67.4 Å². The van der Waals surface area contributed by atoms with Crippen LogP contribution in [0, 0.1) is 23.5 Å². The third-order valence-electron chi connectivity index (χ3n) is 7.06. The predicted molar refractivity (Wildman–Crippen MR) is 123 cm³/mol. The van der Waals surface area contributed by atoms with E-state index in [1.807, 2.05) is 4.90 Å². The van der Waals surface area contributed by atoms with Crippen molar-refractivity contribution in [1.29, 1.82) is 0 Å². The number of carbonyl (C=O) groups excluding carboxylic acids is 1. The third-order valence-corrected chi connectivity index (χ3v) is 7.06. The Morgan fingerprint density at radius 2 is 1.86 bits per heavy atom. The van der Waals surface area contributed by atoms with E-state index in [1.54, 1.807) is 6.20 Å². The van der Waals surface area contributed by atoms with Crippen LogP contribution in [-0.4, -0.2) is 63.2 Å². The summed E-state index contributed by atoms with van der Waals surface area (Å²) < 4.78 is 34.6. The SMILES string of the molecule is O=C(O)c1c(F)cc(-n2cc(CCCCCCC(=O)N3CCCC(C4CCOC4)C3)nn2)cc1F. The van der Waals surface area contributed by atoms with Crippen LogP contribution in [0.15, 0.2) is 18.3 Å². The maximum atomic E-state index is 13.9. The number of carbonyl (C=O) groups is 2. The van der Waals surface area contributed by atoms with Gasteiger partial charge in [-0.05, 0) is 50.4 Å². The number of hydrogen-bond acceptors (Lipinski definition) is 5. The molecule has 1 aromatic carbocycles. The average molecular weight is 491 g/mol. The van der Waals surface area contributed by atoms with Crippen molar-refractivity contribution in [1.82, 2.24) is 19.9 Å². The second-order valence-electron chi connectivity index (χ2n) is 9.52. The minimum Gasteiger partial charge on any atom is -0.477 e. The van der Waals surface area contributed by atoms with Gasteiger partial charge < -0.3 is 14.7 Å². The van der Waals surface area contributed by atoms with Crippen LogP contribution in [0.2, 0.25) is 0 Å². The fourth-order valence-corrected chi connectivity index (χ4v) is 5.08. The molecule has 3 heterocycles. The Morgan fingerprint density at radius 1 is 1.09 bits per heavy atom. The van der Waals surface area contributed by atoms with Gasteiger partial charge in [-0.15, -0.1) is 5.10 Å². The minimum atomic E-state index is -1.66. The van der Waals surface area contributed by atoms with Crippen LogP contribution < -0.4 is 0 Å². The van der Waals surface area contributed by atoms with Gasteiger partial charge >= 0.3 is 5.97 Å². The molecule has 2 saturated heterocycles. The number of aryl methyl sites for hydroxylation is 1. The molecule has 190 valence electrons. The van der Waals surface area contributed by atoms with Crippen LogP contribution in [0.3, 0.4) is 0 Å². The van der Waals surface area contributed by atoms with Gasteiger partial charge in [-0.3, -0.25) is 4.79 Å². The number of piperidine rings is 1. The summed E-state index contributed by atoms with van der Waals surface area (Å²) in [5.74, 6) is -2.55. The van der Waals surface area contributed by atoms with E-state index in [0.29, 0.717) is 30.4 Å². The van der Waals surface area contributed by atoms with Gasteiger partial charge in [0.05, 0.1) is 17.6 Å². The van der Waals surface area contributed by atoms with E-state index in [1.165, 1.54) is 11.1 Å². The number of likely N-dealkylation sites (tertiary alicyclic amines) is 1. The van der Waals surface area contributed by atoms with Gasteiger partial charge in [0.2, 0.25) is 5.91 Å². The van der Waals surface area contributed by atoms with Crippen molar-refractivity contribution in [2.75, 3.05) is 26.3 Å². The zero-order valence-corrected chi connectivity index (χ0v) is 19.8. The molecule has 0 radical (unpaired) electrons. The van der Waals surface area contributed by atoms with E-state index in [9.17, 15) is 18.4 Å². The molecule has 2 aromatic rings. The summed E-state index contributed by atoms with van der Waals surface area (Å²) in [7, 11) is 0. The van der Waals surface area contributed by atoms with Crippen molar-refractivity contribution in [3.05, 3.63) is 41.2 Å². The third kappa shape index (κ3) is 6.42. The molecule has 2 aliphatic heterocycles. The average Bonchev–Trinajstić information content (AvgIpc) is 3.53. The maximum absolute atomic E-state index is 13.9. The zero-order chi connectivity index (χ0) is 24.8. The maximum Gasteiger partial charge on any atom is 0.341 e. The molecule has 4 rings (SSSR count). The highest BCUT2D eigenvalue weighted by molar-refractivity contribution is 5.88. The molecule has 1 amide bonds. The lowest BCUT2D eigenvalue weighted by Crippen LogP contribution is -2.42. The lowest BCUT2D eigenvalue weighted by Gasteiger charge is -2.35. The van der Waals surface area contributed by atoms with Gasteiger partial charge in [0.1, 0.15) is 17.2 Å². The fourth-order valence-electron chi connectivity index (χ4n) is 5.08. The molecule has 0 aliphatic carbocycles. The number of unbranched alkanes of at least 4 members (excludes halogenated alkanes) is 3. The second-order valence-corrected chi connectivity index (χ2v) is 9.52. The van der Waals surface area contributed by atoms with E-state index >= 15 is 0 Å². The predicted octanol–water partition coefficient (Wildman–Crippen LogP) is 4.01. The number of carboxylic acids is 1. The van der Waals surface area contributed by atoms with Gasteiger partial charge in [0.15, 0.2) is 0 Å². The summed E-state index contributed by atoms with van der Waals surface area (Å²) in [6, 6.07) is 1.85. The molecule has 1 N–H and O–H groups in total. The molecular formula is C25H32F2N4O4. The van der Waals surface area contributed by atoms with Crippen LogP contribution in [0.5, 0.6) is 0 Å². The molecule has 10 heteroatoms. The molecule has 0 saturated carbocycles. The highest BCUT2D eigenvalue weighted by atomic mass is 19.1. The Balaban J connectivity index is 1.16. The van der Waals surface area contributed by atoms with Crippen LogP contribution in [0.4, 0.5) is 8.78 Å². The largest absolute Gasteiger partial charge is 0.477 e. The Kier molecular flexibility index (Phi) is 8.43. The first-order valence-corrected chi connectivity index (χ1v) is 12.4. The number of carboxylic acid groups (broad SMARTS) is 1. The Morgan fingerprint density at radius 3 is 2.57 bits per heavy atom. The normalized spacial score (nSPS) is 20.3. The first kappa shape index (κ1) is 25.2. The first-order valence-electron chi connectivity index (χ1n) is 12.4. The van der Waals surface area contributed by atoms with Crippen LogP contribution >= 0.6 is 0 Å². The van der Waals surface area contributed by atoms with Crippen molar-refractivity contribution < 1.29 is 28.2 Å². The van der Waals surface area contributed by atoms with E-state index in [-0.39, 0.29) is 11.6 Å².